The monoisotopic (exact) mass is 432 g/mol. The second-order valence-corrected chi connectivity index (χ2v) is 6.93. The van der Waals surface area contributed by atoms with Crippen LogP contribution in [0, 0.1) is 0 Å². The van der Waals surface area contributed by atoms with Gasteiger partial charge in [-0.3, -0.25) is 4.79 Å². The summed E-state index contributed by atoms with van der Waals surface area (Å²) in [7, 11) is 0. The number of carbonyl (C=O) groups is 2. The minimum Gasteiger partial charge on any atom is -0.462 e. The molecule has 1 heterocycles. The van der Waals surface area contributed by atoms with Crippen molar-refractivity contribution in [2.75, 3.05) is 43.1 Å². The fraction of sp³-hybridized carbons (Fsp3) is 0.300. The molecule has 0 radical (unpaired) electrons. The van der Waals surface area contributed by atoms with Gasteiger partial charge >= 0.3 is 5.97 Å². The number of nitrogens with zero attached hydrogens (tertiary/aromatic N) is 1. The zero-order valence-corrected chi connectivity index (χ0v) is 16.6. The number of rotatable bonds is 5. The third-order valence-corrected chi connectivity index (χ3v) is 4.74. The second-order valence-electron chi connectivity index (χ2n) is 6.01. The van der Waals surface area contributed by atoms with E-state index in [1.54, 1.807) is 31.2 Å². The molecule has 2 aromatic rings. The van der Waals surface area contributed by atoms with E-state index in [2.05, 4.69) is 26.1 Å². The molecule has 0 aromatic heterocycles. The summed E-state index contributed by atoms with van der Waals surface area (Å²) in [4.78, 5) is 26.9. The van der Waals surface area contributed by atoms with E-state index in [-0.39, 0.29) is 5.91 Å². The zero-order chi connectivity index (χ0) is 19.2. The van der Waals surface area contributed by atoms with Gasteiger partial charge in [-0.05, 0) is 49.4 Å². The molecular formula is C20H21BrN2O4. The van der Waals surface area contributed by atoms with Crippen molar-refractivity contribution in [2.24, 2.45) is 0 Å². The van der Waals surface area contributed by atoms with Crippen LogP contribution in [0.25, 0.3) is 0 Å². The summed E-state index contributed by atoms with van der Waals surface area (Å²) in [6.45, 7) is 4.75. The standard InChI is InChI=1S/C20H21BrN2O4/c1-2-27-20(25)15-5-8-18(23-9-11-26-12-10-23)17(13-15)22-19(24)14-3-6-16(21)7-4-14/h3-8,13H,2,9-12H2,1H3,(H,22,24). The SMILES string of the molecule is CCOC(=O)c1ccc(N2CCOCC2)c(NC(=O)c2ccc(Br)cc2)c1. The molecule has 0 bridgehead atoms. The lowest BCUT2D eigenvalue weighted by Crippen LogP contribution is -2.36. The molecule has 1 amide bonds. The van der Waals surface area contributed by atoms with E-state index in [4.69, 9.17) is 9.47 Å². The molecule has 7 heteroatoms. The van der Waals surface area contributed by atoms with Crippen LogP contribution >= 0.6 is 15.9 Å². The van der Waals surface area contributed by atoms with E-state index < -0.39 is 5.97 Å². The van der Waals surface area contributed by atoms with E-state index in [0.29, 0.717) is 36.6 Å². The number of morpholine rings is 1. The van der Waals surface area contributed by atoms with Crippen molar-refractivity contribution < 1.29 is 19.1 Å². The van der Waals surface area contributed by atoms with Crippen LogP contribution in [0.1, 0.15) is 27.6 Å². The van der Waals surface area contributed by atoms with Gasteiger partial charge in [0.05, 0.1) is 36.8 Å². The van der Waals surface area contributed by atoms with Gasteiger partial charge in [-0.15, -0.1) is 0 Å². The number of esters is 1. The first-order valence-electron chi connectivity index (χ1n) is 8.79. The molecule has 0 saturated carbocycles. The second kappa shape index (κ2) is 9.01. The van der Waals surface area contributed by atoms with Crippen LogP contribution in [-0.2, 0) is 9.47 Å². The van der Waals surface area contributed by atoms with E-state index >= 15 is 0 Å². The highest BCUT2D eigenvalue weighted by Crippen LogP contribution is 2.29. The van der Waals surface area contributed by atoms with E-state index in [0.717, 1.165) is 23.2 Å². The molecule has 0 atom stereocenters. The number of anilines is 2. The molecule has 3 rings (SSSR count). The Morgan fingerprint density at radius 3 is 2.44 bits per heavy atom. The van der Waals surface area contributed by atoms with Crippen molar-refractivity contribution in [3.8, 4) is 0 Å². The van der Waals surface area contributed by atoms with Crippen molar-refractivity contribution in [1.82, 2.24) is 0 Å². The molecule has 1 N–H and O–H groups in total. The predicted octanol–water partition coefficient (Wildman–Crippen LogP) is 3.71. The maximum atomic E-state index is 12.7. The van der Waals surface area contributed by atoms with Gasteiger partial charge in [-0.2, -0.15) is 0 Å². The Kier molecular flexibility index (Phi) is 6.47. The van der Waals surface area contributed by atoms with Crippen LogP contribution in [-0.4, -0.2) is 44.8 Å². The van der Waals surface area contributed by atoms with Crippen molar-refractivity contribution in [2.45, 2.75) is 6.92 Å². The predicted molar refractivity (Wildman–Crippen MR) is 108 cm³/mol. The number of benzene rings is 2. The molecule has 2 aromatic carbocycles. The third kappa shape index (κ3) is 4.87. The normalized spacial score (nSPS) is 13.9. The van der Waals surface area contributed by atoms with Crippen LogP contribution < -0.4 is 10.2 Å². The lowest BCUT2D eigenvalue weighted by molar-refractivity contribution is 0.0526. The van der Waals surface area contributed by atoms with Gasteiger partial charge in [0.15, 0.2) is 0 Å². The van der Waals surface area contributed by atoms with Crippen LogP contribution in [0.15, 0.2) is 46.9 Å². The number of ether oxygens (including phenoxy) is 2. The van der Waals surface area contributed by atoms with Crippen molar-refractivity contribution >= 4 is 39.2 Å². The minimum atomic E-state index is -0.412. The Morgan fingerprint density at radius 1 is 1.11 bits per heavy atom. The van der Waals surface area contributed by atoms with Gasteiger partial charge in [0.2, 0.25) is 0 Å². The summed E-state index contributed by atoms with van der Waals surface area (Å²) in [6.07, 6.45) is 0. The molecule has 0 aliphatic carbocycles. The van der Waals surface area contributed by atoms with E-state index in [1.807, 2.05) is 18.2 Å². The van der Waals surface area contributed by atoms with Gasteiger partial charge in [0, 0.05) is 23.1 Å². The smallest absolute Gasteiger partial charge is 0.338 e. The van der Waals surface area contributed by atoms with Crippen LogP contribution in [0.3, 0.4) is 0 Å². The Labute approximate surface area is 166 Å². The van der Waals surface area contributed by atoms with Gasteiger partial charge in [-0.1, -0.05) is 15.9 Å². The highest BCUT2D eigenvalue weighted by atomic mass is 79.9. The fourth-order valence-corrected chi connectivity index (χ4v) is 3.12. The van der Waals surface area contributed by atoms with Gasteiger partial charge < -0.3 is 19.7 Å². The first kappa shape index (κ1) is 19.4. The van der Waals surface area contributed by atoms with Crippen molar-refractivity contribution in [1.29, 1.82) is 0 Å². The van der Waals surface area contributed by atoms with Crippen molar-refractivity contribution in [3.63, 3.8) is 0 Å². The molecule has 142 valence electrons. The number of amides is 1. The summed E-state index contributed by atoms with van der Waals surface area (Å²) in [5, 5.41) is 2.94. The molecule has 0 spiro atoms. The molecule has 1 aliphatic heterocycles. The Balaban J connectivity index is 1.90. The Hall–Kier alpha value is -2.38. The number of halogens is 1. The molecule has 0 unspecified atom stereocenters. The number of carbonyl (C=O) groups excluding carboxylic acids is 2. The molecule has 1 aliphatic rings. The number of hydrogen-bond acceptors (Lipinski definition) is 5. The Morgan fingerprint density at radius 2 is 1.78 bits per heavy atom. The Bertz CT molecular complexity index is 817. The topological polar surface area (TPSA) is 67.9 Å². The first-order chi connectivity index (χ1) is 13.1. The van der Waals surface area contributed by atoms with E-state index in [9.17, 15) is 9.59 Å². The van der Waals surface area contributed by atoms with Crippen LogP contribution in [0.2, 0.25) is 0 Å². The molecule has 6 nitrogen and oxygen atoms in total. The quantitative estimate of drug-likeness (QED) is 0.729. The number of hydrogen-bond donors (Lipinski definition) is 1. The molecule has 1 fully saturated rings. The number of nitrogens with one attached hydrogen (secondary N) is 1. The highest BCUT2D eigenvalue weighted by Gasteiger charge is 2.19. The molecular weight excluding hydrogens is 412 g/mol. The maximum Gasteiger partial charge on any atom is 0.338 e. The van der Waals surface area contributed by atoms with Gasteiger partial charge in [0.1, 0.15) is 0 Å². The maximum absolute atomic E-state index is 12.7. The van der Waals surface area contributed by atoms with Crippen molar-refractivity contribution in [3.05, 3.63) is 58.1 Å². The zero-order valence-electron chi connectivity index (χ0n) is 15.0. The highest BCUT2D eigenvalue weighted by molar-refractivity contribution is 9.10. The lowest BCUT2D eigenvalue weighted by Gasteiger charge is -2.30. The summed E-state index contributed by atoms with van der Waals surface area (Å²) >= 11 is 3.36. The van der Waals surface area contributed by atoms with E-state index in [1.165, 1.54) is 0 Å². The average Bonchev–Trinajstić information content (AvgIpc) is 2.69. The summed E-state index contributed by atoms with van der Waals surface area (Å²) in [5.74, 6) is -0.650. The summed E-state index contributed by atoms with van der Waals surface area (Å²) in [5.41, 5.74) is 2.37. The fourth-order valence-electron chi connectivity index (χ4n) is 2.85. The molecule has 27 heavy (non-hydrogen) atoms. The lowest BCUT2D eigenvalue weighted by atomic mass is 10.1. The van der Waals surface area contributed by atoms with Gasteiger partial charge in [0.25, 0.3) is 5.91 Å². The van der Waals surface area contributed by atoms with Gasteiger partial charge in [-0.25, -0.2) is 4.79 Å². The first-order valence-corrected chi connectivity index (χ1v) is 9.58. The summed E-state index contributed by atoms with van der Waals surface area (Å²) < 4.78 is 11.4. The third-order valence-electron chi connectivity index (χ3n) is 4.21. The minimum absolute atomic E-state index is 0.238. The van der Waals surface area contributed by atoms with Crippen LogP contribution in [0.5, 0.6) is 0 Å². The summed E-state index contributed by atoms with van der Waals surface area (Å²) in [6, 6.07) is 12.3. The van der Waals surface area contributed by atoms with Crippen LogP contribution in [0.4, 0.5) is 11.4 Å². The largest absolute Gasteiger partial charge is 0.462 e. The molecule has 1 saturated heterocycles. The average molecular weight is 433 g/mol.